The first-order chi connectivity index (χ1) is 37.7. The minimum atomic E-state index is -1.67. The predicted octanol–water partition coefficient (Wildman–Crippen LogP) is 15.5. The Hall–Kier alpha value is -1.15. The van der Waals surface area contributed by atoms with Gasteiger partial charge in [0.15, 0.2) is 6.29 Å². The van der Waals surface area contributed by atoms with Crippen molar-refractivity contribution in [2.24, 2.45) is 0 Å². The van der Waals surface area contributed by atoms with E-state index in [0.717, 1.165) is 32.1 Å². The summed E-state index contributed by atoms with van der Waals surface area (Å²) in [5.41, 5.74) is 0. The monoisotopic (exact) mass is 1100 g/mol. The number of unbranched alkanes of at least 4 members (excludes halogenated alkanes) is 45. The van der Waals surface area contributed by atoms with Crippen LogP contribution in [0.2, 0.25) is 0 Å². The Bertz CT molecular complexity index is 1260. The van der Waals surface area contributed by atoms with E-state index in [4.69, 9.17) is 9.47 Å². The minimum absolute atomic E-state index is 0.260. The number of allylic oxidation sites excluding steroid dienone is 2. The summed E-state index contributed by atoms with van der Waals surface area (Å²) >= 11 is 0. The van der Waals surface area contributed by atoms with Crippen LogP contribution in [0.15, 0.2) is 12.2 Å². The molecule has 11 heteroatoms. The van der Waals surface area contributed by atoms with Crippen molar-refractivity contribution in [1.82, 2.24) is 5.32 Å². The zero-order valence-electron chi connectivity index (χ0n) is 50.5. The maximum absolute atomic E-state index is 13.2. The van der Waals surface area contributed by atoms with Crippen LogP contribution in [0.3, 0.4) is 0 Å². The number of nitrogens with one attached hydrogen (secondary N) is 1. The Morgan fingerprint density at radius 3 is 1.12 bits per heavy atom. The van der Waals surface area contributed by atoms with Crippen LogP contribution in [0.5, 0.6) is 0 Å². The van der Waals surface area contributed by atoms with Crippen LogP contribution in [-0.2, 0) is 14.3 Å². The second kappa shape index (κ2) is 55.4. The van der Waals surface area contributed by atoms with Gasteiger partial charge in [-0.15, -0.1) is 0 Å². The molecule has 9 atom stereocenters. The molecular weight excluding hydrogens is 967 g/mol. The van der Waals surface area contributed by atoms with Gasteiger partial charge in [0.05, 0.1) is 25.4 Å². The molecule has 0 aromatic rings. The lowest BCUT2D eigenvalue weighted by Crippen LogP contribution is -2.60. The first-order valence-corrected chi connectivity index (χ1v) is 33.6. The number of ether oxygens (including phenoxy) is 2. The molecule has 1 aliphatic heterocycles. The van der Waals surface area contributed by atoms with E-state index < -0.39 is 74.2 Å². The molecule has 0 spiro atoms. The molecule has 77 heavy (non-hydrogen) atoms. The molecular formula is C66H129NO10. The number of aliphatic hydroxyl groups is 7. The van der Waals surface area contributed by atoms with E-state index >= 15 is 0 Å². The summed E-state index contributed by atoms with van der Waals surface area (Å²) in [4.78, 5) is 13.2. The van der Waals surface area contributed by atoms with Crippen LogP contribution in [0.25, 0.3) is 0 Å². The smallest absolute Gasteiger partial charge is 0.249 e. The van der Waals surface area contributed by atoms with Crippen molar-refractivity contribution in [1.29, 1.82) is 0 Å². The SMILES string of the molecule is CCCCCCCCCCCCCCCCCCCCCCCCCCC/C=C/CCCC(O)C(O)C(COC1OC(CO)C(O)C(O)C1O)NC(=O)C(O)CCCCCCCCCCCCCCCCCCCCCC. The fourth-order valence-corrected chi connectivity index (χ4v) is 11.2. The third-order valence-corrected chi connectivity index (χ3v) is 16.6. The average molecular weight is 1100 g/mol. The summed E-state index contributed by atoms with van der Waals surface area (Å²) in [5.74, 6) is -0.699. The molecule has 1 rings (SSSR count). The van der Waals surface area contributed by atoms with Gasteiger partial charge >= 0.3 is 0 Å². The molecule has 1 aliphatic rings. The zero-order valence-corrected chi connectivity index (χ0v) is 50.5. The molecule has 1 heterocycles. The number of carbonyl (C=O) groups excluding carboxylic acids is 1. The highest BCUT2D eigenvalue weighted by molar-refractivity contribution is 5.80. The van der Waals surface area contributed by atoms with Crippen molar-refractivity contribution in [3.05, 3.63) is 12.2 Å². The Labute approximate surface area is 474 Å². The van der Waals surface area contributed by atoms with Gasteiger partial charge in [0.1, 0.15) is 36.6 Å². The number of hydrogen-bond donors (Lipinski definition) is 8. The minimum Gasteiger partial charge on any atom is -0.394 e. The number of aliphatic hydroxyl groups excluding tert-OH is 7. The van der Waals surface area contributed by atoms with Gasteiger partial charge in [0.25, 0.3) is 0 Å². The maximum atomic E-state index is 13.2. The number of hydrogen-bond acceptors (Lipinski definition) is 10. The van der Waals surface area contributed by atoms with Crippen molar-refractivity contribution in [2.45, 2.75) is 390 Å². The molecule has 0 radical (unpaired) electrons. The van der Waals surface area contributed by atoms with E-state index in [2.05, 4.69) is 31.3 Å². The molecule has 8 N–H and O–H groups in total. The molecule has 11 nitrogen and oxygen atoms in total. The molecule has 458 valence electrons. The van der Waals surface area contributed by atoms with Gasteiger partial charge in [-0.25, -0.2) is 0 Å². The van der Waals surface area contributed by atoms with E-state index in [-0.39, 0.29) is 12.8 Å². The second-order valence-corrected chi connectivity index (χ2v) is 23.9. The summed E-state index contributed by atoms with van der Waals surface area (Å²) < 4.78 is 11.2. The van der Waals surface area contributed by atoms with E-state index in [1.807, 2.05) is 0 Å². The summed E-state index contributed by atoms with van der Waals surface area (Å²) in [6.45, 7) is 3.50. The lowest BCUT2D eigenvalue weighted by Gasteiger charge is -2.40. The quantitative estimate of drug-likeness (QED) is 0.0215. The number of carbonyl (C=O) groups is 1. The van der Waals surface area contributed by atoms with Crippen molar-refractivity contribution >= 4 is 5.91 Å². The summed E-state index contributed by atoms with van der Waals surface area (Å²) in [6, 6.07) is -1.18. The van der Waals surface area contributed by atoms with Crippen LogP contribution in [-0.4, -0.2) is 110 Å². The molecule has 0 aromatic carbocycles. The summed E-state index contributed by atoms with van der Waals surface area (Å²) in [5, 5.41) is 76.4. The Morgan fingerprint density at radius 1 is 0.442 bits per heavy atom. The maximum Gasteiger partial charge on any atom is 0.249 e. The fourth-order valence-electron chi connectivity index (χ4n) is 11.2. The number of amides is 1. The van der Waals surface area contributed by atoms with Crippen LogP contribution in [0.4, 0.5) is 0 Å². The topological polar surface area (TPSA) is 189 Å². The van der Waals surface area contributed by atoms with Crippen molar-refractivity contribution < 1.29 is 50.0 Å². The van der Waals surface area contributed by atoms with Gasteiger partial charge in [0.2, 0.25) is 5.91 Å². The van der Waals surface area contributed by atoms with E-state index in [1.165, 1.54) is 263 Å². The third kappa shape index (κ3) is 43.2. The van der Waals surface area contributed by atoms with E-state index in [1.54, 1.807) is 0 Å². The normalized spacial score (nSPS) is 19.5. The van der Waals surface area contributed by atoms with Crippen LogP contribution < -0.4 is 5.32 Å². The highest BCUT2D eigenvalue weighted by Crippen LogP contribution is 2.24. The van der Waals surface area contributed by atoms with Gasteiger partial charge in [-0.1, -0.05) is 309 Å². The van der Waals surface area contributed by atoms with Crippen LogP contribution in [0.1, 0.15) is 335 Å². The fraction of sp³-hybridized carbons (Fsp3) is 0.955. The van der Waals surface area contributed by atoms with Crippen LogP contribution in [0, 0.1) is 0 Å². The van der Waals surface area contributed by atoms with Crippen molar-refractivity contribution in [3.63, 3.8) is 0 Å². The molecule has 0 saturated carbocycles. The molecule has 1 saturated heterocycles. The standard InChI is InChI=1S/C66H129NO10/c1-3-5-7-9-11-13-15-17-19-21-23-25-26-27-28-29-30-31-32-33-34-36-37-39-41-43-45-47-49-51-53-58(69)61(71)57(56-76-66-64(74)63(73)62(72)60(55-68)77-66)67-65(75)59(70)54-52-50-48-46-44-42-40-38-35-24-22-20-18-16-14-12-10-8-6-4-2/h45,47,57-64,66,68-74H,3-44,46,48-56H2,1-2H3,(H,67,75)/b47-45+. The summed E-state index contributed by atoms with van der Waals surface area (Å²) in [6.07, 6.45) is 55.8. The lowest BCUT2D eigenvalue weighted by molar-refractivity contribution is -0.303. The van der Waals surface area contributed by atoms with Gasteiger partial charge in [-0.05, 0) is 38.5 Å². The molecule has 0 bridgehead atoms. The highest BCUT2D eigenvalue weighted by Gasteiger charge is 2.44. The van der Waals surface area contributed by atoms with Gasteiger partial charge in [-0.3, -0.25) is 4.79 Å². The van der Waals surface area contributed by atoms with Gasteiger partial charge in [0, 0.05) is 0 Å². The van der Waals surface area contributed by atoms with Crippen LogP contribution >= 0.6 is 0 Å². The largest absolute Gasteiger partial charge is 0.394 e. The molecule has 1 amide bonds. The number of rotatable bonds is 59. The zero-order chi connectivity index (χ0) is 56.1. The van der Waals surface area contributed by atoms with Crippen molar-refractivity contribution in [2.75, 3.05) is 13.2 Å². The van der Waals surface area contributed by atoms with Gasteiger partial charge < -0.3 is 50.5 Å². The second-order valence-electron chi connectivity index (χ2n) is 23.9. The summed E-state index contributed by atoms with van der Waals surface area (Å²) in [7, 11) is 0. The first kappa shape index (κ1) is 73.9. The first-order valence-electron chi connectivity index (χ1n) is 33.6. The Balaban J connectivity index is 2.22. The van der Waals surface area contributed by atoms with E-state index in [9.17, 15) is 40.5 Å². The third-order valence-electron chi connectivity index (χ3n) is 16.6. The molecule has 0 aliphatic carbocycles. The lowest BCUT2D eigenvalue weighted by atomic mass is 9.98. The highest BCUT2D eigenvalue weighted by atomic mass is 16.7. The predicted molar refractivity (Wildman–Crippen MR) is 321 cm³/mol. The Kier molecular flexibility index (Phi) is 53.1. The average Bonchev–Trinajstić information content (AvgIpc) is 3.43. The molecule has 9 unspecified atom stereocenters. The Morgan fingerprint density at radius 2 is 0.766 bits per heavy atom. The molecule has 0 aromatic heterocycles. The van der Waals surface area contributed by atoms with E-state index in [0.29, 0.717) is 12.8 Å². The van der Waals surface area contributed by atoms with Gasteiger partial charge in [-0.2, -0.15) is 0 Å². The molecule has 1 fully saturated rings. The van der Waals surface area contributed by atoms with Crippen molar-refractivity contribution in [3.8, 4) is 0 Å².